The number of anilines is 2. The summed E-state index contributed by atoms with van der Waals surface area (Å²) < 4.78 is 2.75. The van der Waals surface area contributed by atoms with Crippen LogP contribution in [0.15, 0.2) is 29.3 Å². The number of hydrogen-bond donors (Lipinski definition) is 1. The van der Waals surface area contributed by atoms with Crippen molar-refractivity contribution in [2.75, 3.05) is 5.32 Å². The molecule has 0 aliphatic heterocycles. The van der Waals surface area contributed by atoms with Gasteiger partial charge in [-0.1, -0.05) is 0 Å². The fourth-order valence-electron chi connectivity index (χ4n) is 1.26. The van der Waals surface area contributed by atoms with Gasteiger partial charge in [0.05, 0.1) is 21.9 Å². The van der Waals surface area contributed by atoms with Crippen LogP contribution in [0, 0.1) is 0 Å². The minimum absolute atomic E-state index is 0.0273. The van der Waals surface area contributed by atoms with Gasteiger partial charge in [-0.15, -0.1) is 0 Å². The molecule has 17 heavy (non-hydrogen) atoms. The van der Waals surface area contributed by atoms with E-state index in [1.165, 1.54) is 0 Å². The topological polar surface area (TPSA) is 55.6 Å². The Morgan fingerprint density at radius 3 is 2.35 bits per heavy atom. The molecule has 1 N–H and O–H groups in total. The quantitative estimate of drug-likeness (QED) is 0.925. The van der Waals surface area contributed by atoms with Gasteiger partial charge in [0.2, 0.25) is 5.95 Å². The van der Waals surface area contributed by atoms with Gasteiger partial charge in [-0.2, -0.15) is 5.10 Å². The molecule has 0 aliphatic carbocycles. The first-order valence-corrected chi connectivity index (χ1v) is 6.04. The summed E-state index contributed by atoms with van der Waals surface area (Å²) in [5.74, 6) is 0.557. The molecule has 2 rings (SSSR count). The Balaban J connectivity index is 2.14. The molecule has 0 radical (unpaired) electrons. The number of nitrogens with one attached hydrogen (secondary N) is 1. The second-order valence-corrected chi connectivity index (χ2v) is 5.61. The molecule has 2 heterocycles. The normalized spacial score (nSPS) is 11.5. The van der Waals surface area contributed by atoms with Crippen molar-refractivity contribution in [1.82, 2.24) is 19.7 Å². The number of aromatic nitrogens is 4. The lowest BCUT2D eigenvalue weighted by molar-refractivity contribution is 0.355. The largest absolute Gasteiger partial charge is 0.321 e. The summed E-state index contributed by atoms with van der Waals surface area (Å²) in [5, 5.41) is 7.39. The summed E-state index contributed by atoms with van der Waals surface area (Å²) >= 11 is 3.29. The molecule has 0 fully saturated rings. The molecule has 0 spiro atoms. The van der Waals surface area contributed by atoms with Crippen molar-refractivity contribution in [1.29, 1.82) is 0 Å². The highest BCUT2D eigenvalue weighted by atomic mass is 79.9. The first-order valence-electron chi connectivity index (χ1n) is 5.25. The predicted molar refractivity (Wildman–Crippen MR) is 70.2 cm³/mol. The van der Waals surface area contributed by atoms with E-state index in [2.05, 4.69) is 57.1 Å². The van der Waals surface area contributed by atoms with Gasteiger partial charge in [-0.3, -0.25) is 4.68 Å². The predicted octanol–water partition coefficient (Wildman–Crippen LogP) is 2.93. The van der Waals surface area contributed by atoms with Crippen LogP contribution in [-0.4, -0.2) is 19.7 Å². The number of hydrogen-bond acceptors (Lipinski definition) is 4. The summed E-state index contributed by atoms with van der Waals surface area (Å²) in [7, 11) is 0. The zero-order valence-corrected chi connectivity index (χ0v) is 11.6. The van der Waals surface area contributed by atoms with Crippen LogP contribution in [0.4, 0.5) is 11.6 Å². The van der Waals surface area contributed by atoms with Crippen LogP contribution in [-0.2, 0) is 5.54 Å². The van der Waals surface area contributed by atoms with Crippen molar-refractivity contribution in [3.63, 3.8) is 0 Å². The SMILES string of the molecule is CC(C)(C)n1cc(Nc2ncc(Br)cn2)cn1. The first-order chi connectivity index (χ1) is 7.95. The van der Waals surface area contributed by atoms with Crippen LogP contribution >= 0.6 is 15.9 Å². The molecule has 0 amide bonds. The lowest BCUT2D eigenvalue weighted by atomic mass is 10.1. The van der Waals surface area contributed by atoms with Crippen molar-refractivity contribution in [2.24, 2.45) is 0 Å². The standard InChI is InChI=1S/C11H14BrN5/c1-11(2,3)17-7-9(6-15-17)16-10-13-4-8(12)5-14-10/h4-7H,1-3H3,(H,13,14,16). The summed E-state index contributed by atoms with van der Waals surface area (Å²) in [5.41, 5.74) is 0.850. The maximum absolute atomic E-state index is 4.29. The molecule has 0 aromatic carbocycles. The molecule has 0 saturated carbocycles. The third-order valence-electron chi connectivity index (χ3n) is 2.15. The molecule has 0 aliphatic rings. The maximum Gasteiger partial charge on any atom is 0.227 e. The van der Waals surface area contributed by atoms with Crippen LogP contribution in [0.3, 0.4) is 0 Å². The van der Waals surface area contributed by atoms with E-state index in [-0.39, 0.29) is 5.54 Å². The van der Waals surface area contributed by atoms with Crippen LogP contribution in [0.5, 0.6) is 0 Å². The van der Waals surface area contributed by atoms with Gasteiger partial charge in [0, 0.05) is 18.6 Å². The minimum atomic E-state index is -0.0273. The monoisotopic (exact) mass is 295 g/mol. The van der Waals surface area contributed by atoms with Gasteiger partial charge in [0.1, 0.15) is 0 Å². The second kappa shape index (κ2) is 4.44. The van der Waals surface area contributed by atoms with Crippen LogP contribution in [0.1, 0.15) is 20.8 Å². The Morgan fingerprint density at radius 1 is 1.18 bits per heavy atom. The van der Waals surface area contributed by atoms with Gasteiger partial charge in [-0.25, -0.2) is 9.97 Å². The maximum atomic E-state index is 4.29. The summed E-state index contributed by atoms with van der Waals surface area (Å²) in [6.45, 7) is 6.29. The fourth-order valence-corrected chi connectivity index (χ4v) is 1.46. The average molecular weight is 296 g/mol. The Morgan fingerprint density at radius 2 is 1.82 bits per heavy atom. The summed E-state index contributed by atoms with van der Waals surface area (Å²) in [6.07, 6.45) is 7.09. The summed E-state index contributed by atoms with van der Waals surface area (Å²) in [4.78, 5) is 8.28. The van der Waals surface area contributed by atoms with Gasteiger partial charge < -0.3 is 5.32 Å². The van der Waals surface area contributed by atoms with Crippen molar-refractivity contribution in [3.05, 3.63) is 29.3 Å². The van der Waals surface area contributed by atoms with Gasteiger partial charge >= 0.3 is 0 Å². The minimum Gasteiger partial charge on any atom is -0.321 e. The first kappa shape index (κ1) is 12.0. The van der Waals surface area contributed by atoms with Crippen LogP contribution < -0.4 is 5.32 Å². The molecular weight excluding hydrogens is 282 g/mol. The molecular formula is C11H14BrN5. The van der Waals surface area contributed by atoms with Crippen molar-refractivity contribution in [2.45, 2.75) is 26.3 Å². The highest BCUT2D eigenvalue weighted by Crippen LogP contribution is 2.18. The van der Waals surface area contributed by atoms with E-state index in [1.807, 2.05) is 10.9 Å². The Labute approximate surface area is 108 Å². The molecule has 0 bridgehead atoms. The third-order valence-corrected chi connectivity index (χ3v) is 2.56. The van der Waals surface area contributed by atoms with E-state index in [0.717, 1.165) is 10.2 Å². The molecule has 0 atom stereocenters. The smallest absolute Gasteiger partial charge is 0.227 e. The lowest BCUT2D eigenvalue weighted by Gasteiger charge is -2.18. The van der Waals surface area contributed by atoms with E-state index in [9.17, 15) is 0 Å². The molecule has 5 nitrogen and oxygen atoms in total. The number of nitrogens with zero attached hydrogens (tertiary/aromatic N) is 4. The van der Waals surface area contributed by atoms with Gasteiger partial charge in [0.25, 0.3) is 0 Å². The molecule has 0 saturated heterocycles. The molecule has 6 heteroatoms. The molecule has 2 aromatic rings. The number of rotatable bonds is 2. The zero-order chi connectivity index (χ0) is 12.5. The molecule has 90 valence electrons. The molecule has 2 aromatic heterocycles. The van der Waals surface area contributed by atoms with E-state index in [4.69, 9.17) is 0 Å². The van der Waals surface area contributed by atoms with Crippen molar-refractivity contribution in [3.8, 4) is 0 Å². The van der Waals surface area contributed by atoms with Crippen LogP contribution in [0.2, 0.25) is 0 Å². The molecule has 0 unspecified atom stereocenters. The summed E-state index contributed by atoms with van der Waals surface area (Å²) in [6, 6.07) is 0. The van der Waals surface area contributed by atoms with E-state index in [1.54, 1.807) is 18.6 Å². The van der Waals surface area contributed by atoms with Gasteiger partial charge in [0.15, 0.2) is 0 Å². The Hall–Kier alpha value is -1.43. The third kappa shape index (κ3) is 3.03. The number of halogens is 1. The van der Waals surface area contributed by atoms with Crippen molar-refractivity contribution >= 4 is 27.6 Å². The Kier molecular flexibility index (Phi) is 3.15. The average Bonchev–Trinajstić information content (AvgIpc) is 2.69. The van der Waals surface area contributed by atoms with Crippen molar-refractivity contribution < 1.29 is 0 Å². The van der Waals surface area contributed by atoms with E-state index in [0.29, 0.717) is 5.95 Å². The fraction of sp³-hybridized carbons (Fsp3) is 0.364. The highest BCUT2D eigenvalue weighted by Gasteiger charge is 2.14. The second-order valence-electron chi connectivity index (χ2n) is 4.69. The highest BCUT2D eigenvalue weighted by molar-refractivity contribution is 9.10. The van der Waals surface area contributed by atoms with Gasteiger partial charge in [-0.05, 0) is 36.7 Å². The lowest BCUT2D eigenvalue weighted by Crippen LogP contribution is -2.21. The zero-order valence-electron chi connectivity index (χ0n) is 9.98. The van der Waals surface area contributed by atoms with E-state index >= 15 is 0 Å². The Bertz CT molecular complexity index is 497. The van der Waals surface area contributed by atoms with E-state index < -0.39 is 0 Å². The van der Waals surface area contributed by atoms with Crippen LogP contribution in [0.25, 0.3) is 0 Å².